The van der Waals surface area contributed by atoms with Crippen molar-refractivity contribution in [1.82, 2.24) is 0 Å². The number of hydrogen-bond acceptors (Lipinski definition) is 3. The largest absolute Gasteiger partial charge is 0.350 e. The smallest absolute Gasteiger partial charge is 0.282 e. The zero-order valence-electron chi connectivity index (χ0n) is 17.9. The number of benzene rings is 3. The number of nitrogens with one attached hydrogen (secondary N) is 1. The van der Waals surface area contributed by atoms with E-state index in [9.17, 15) is 9.59 Å². The summed E-state index contributed by atoms with van der Waals surface area (Å²) in [4.78, 5) is 28.2. The Hall–Kier alpha value is -3.37. The van der Waals surface area contributed by atoms with E-state index in [0.717, 1.165) is 27.9 Å². The zero-order valence-corrected chi connectivity index (χ0v) is 18.7. The maximum atomic E-state index is 13.5. The average Bonchev–Trinajstić information content (AvgIpc) is 2.96. The van der Waals surface area contributed by atoms with Crippen molar-refractivity contribution in [1.29, 1.82) is 0 Å². The minimum atomic E-state index is -0.402. The summed E-state index contributed by atoms with van der Waals surface area (Å²) in [6.07, 6.45) is 0. The van der Waals surface area contributed by atoms with Gasteiger partial charge in [-0.3, -0.25) is 9.59 Å². The number of carbonyl (C=O) groups is 2. The molecule has 1 N–H and O–H groups in total. The van der Waals surface area contributed by atoms with E-state index in [4.69, 9.17) is 11.6 Å². The van der Waals surface area contributed by atoms with Crippen LogP contribution in [0, 0.1) is 27.7 Å². The maximum absolute atomic E-state index is 13.5. The van der Waals surface area contributed by atoms with Crippen molar-refractivity contribution >= 4 is 40.4 Å². The number of hydrogen-bond donors (Lipinski definition) is 1. The molecule has 5 heteroatoms. The van der Waals surface area contributed by atoms with Crippen molar-refractivity contribution in [2.45, 2.75) is 27.7 Å². The Morgan fingerprint density at radius 1 is 0.774 bits per heavy atom. The van der Waals surface area contributed by atoms with Gasteiger partial charge in [0.05, 0.1) is 11.3 Å². The predicted molar refractivity (Wildman–Crippen MR) is 126 cm³/mol. The Labute approximate surface area is 187 Å². The zero-order chi connectivity index (χ0) is 22.3. The fraction of sp³-hybridized carbons (Fsp3) is 0.154. The lowest BCUT2D eigenvalue weighted by molar-refractivity contribution is -0.120. The molecule has 0 aliphatic carbocycles. The van der Waals surface area contributed by atoms with Gasteiger partial charge in [-0.1, -0.05) is 53.6 Å². The normalized spacial score (nSPS) is 13.9. The first-order valence-corrected chi connectivity index (χ1v) is 10.4. The van der Waals surface area contributed by atoms with Gasteiger partial charge >= 0.3 is 0 Å². The summed E-state index contributed by atoms with van der Waals surface area (Å²) in [5, 5.41) is 3.71. The van der Waals surface area contributed by atoms with Gasteiger partial charge in [-0.2, -0.15) is 0 Å². The van der Waals surface area contributed by atoms with Crippen LogP contribution >= 0.6 is 11.6 Å². The summed E-state index contributed by atoms with van der Waals surface area (Å²) in [5.41, 5.74) is 6.85. The van der Waals surface area contributed by atoms with Crippen molar-refractivity contribution in [3.05, 3.63) is 99.2 Å². The number of imide groups is 1. The Balaban J connectivity index is 1.87. The Morgan fingerprint density at radius 3 is 2.23 bits per heavy atom. The first-order valence-electron chi connectivity index (χ1n) is 10.1. The predicted octanol–water partition coefficient (Wildman–Crippen LogP) is 5.97. The fourth-order valence-corrected chi connectivity index (χ4v) is 3.93. The van der Waals surface area contributed by atoms with Gasteiger partial charge in [0, 0.05) is 10.7 Å². The second kappa shape index (κ2) is 8.05. The van der Waals surface area contributed by atoms with Crippen LogP contribution in [0.1, 0.15) is 27.8 Å². The standard InChI is InChI=1S/C26H23ClN2O2/c1-15-8-11-22(18(4)12-15)28-24-23(19-10-9-16(2)17(3)13-19)25(30)29(26(24)31)21-7-5-6-20(27)14-21/h5-14,28H,1-4H3. The molecule has 1 heterocycles. The van der Waals surface area contributed by atoms with E-state index in [1.165, 1.54) is 4.90 Å². The lowest BCUT2D eigenvalue weighted by Crippen LogP contribution is -2.32. The van der Waals surface area contributed by atoms with Crippen LogP contribution < -0.4 is 10.2 Å². The van der Waals surface area contributed by atoms with Crippen LogP contribution in [0.2, 0.25) is 5.02 Å². The summed E-state index contributed by atoms with van der Waals surface area (Å²) < 4.78 is 0. The summed E-state index contributed by atoms with van der Waals surface area (Å²) in [7, 11) is 0. The van der Waals surface area contributed by atoms with Crippen molar-refractivity contribution in [3.8, 4) is 0 Å². The van der Waals surface area contributed by atoms with Crippen LogP contribution in [0.3, 0.4) is 0 Å². The number of rotatable bonds is 4. The third-order valence-corrected chi connectivity index (χ3v) is 5.82. The van der Waals surface area contributed by atoms with E-state index in [-0.39, 0.29) is 11.6 Å². The van der Waals surface area contributed by atoms with E-state index < -0.39 is 5.91 Å². The SMILES string of the molecule is Cc1ccc(NC2=C(c3ccc(C)c(C)c3)C(=O)N(c3cccc(Cl)c3)C2=O)c(C)c1. The van der Waals surface area contributed by atoms with Gasteiger partial charge in [0.15, 0.2) is 0 Å². The first-order chi connectivity index (χ1) is 14.8. The molecule has 1 aliphatic rings. The van der Waals surface area contributed by atoms with Crippen LogP contribution in [-0.2, 0) is 9.59 Å². The van der Waals surface area contributed by atoms with E-state index in [1.807, 2.05) is 64.1 Å². The molecule has 156 valence electrons. The Bertz CT molecular complexity index is 1260. The highest BCUT2D eigenvalue weighted by atomic mass is 35.5. The monoisotopic (exact) mass is 430 g/mol. The number of nitrogens with zero attached hydrogens (tertiary/aromatic N) is 1. The molecule has 0 saturated carbocycles. The molecule has 31 heavy (non-hydrogen) atoms. The molecule has 0 radical (unpaired) electrons. The van der Waals surface area contributed by atoms with Crippen LogP contribution in [0.5, 0.6) is 0 Å². The molecule has 0 fully saturated rings. The molecule has 0 unspecified atom stereocenters. The van der Waals surface area contributed by atoms with Gasteiger partial charge < -0.3 is 5.32 Å². The van der Waals surface area contributed by atoms with Gasteiger partial charge in [-0.15, -0.1) is 0 Å². The molecular formula is C26H23ClN2O2. The highest BCUT2D eigenvalue weighted by Crippen LogP contribution is 2.35. The highest BCUT2D eigenvalue weighted by Gasteiger charge is 2.40. The van der Waals surface area contributed by atoms with Crippen molar-refractivity contribution < 1.29 is 9.59 Å². The molecule has 0 bridgehead atoms. The van der Waals surface area contributed by atoms with Crippen LogP contribution in [0.4, 0.5) is 11.4 Å². The topological polar surface area (TPSA) is 49.4 Å². The van der Waals surface area contributed by atoms with E-state index in [2.05, 4.69) is 5.32 Å². The third-order valence-electron chi connectivity index (χ3n) is 5.59. The number of carbonyl (C=O) groups excluding carboxylic acids is 2. The number of aryl methyl sites for hydroxylation is 4. The molecule has 4 nitrogen and oxygen atoms in total. The quantitative estimate of drug-likeness (QED) is 0.518. The number of amides is 2. The molecule has 1 aliphatic heterocycles. The van der Waals surface area contributed by atoms with Crippen molar-refractivity contribution in [2.75, 3.05) is 10.2 Å². The van der Waals surface area contributed by atoms with Gasteiger partial charge in [0.1, 0.15) is 5.70 Å². The van der Waals surface area contributed by atoms with Gasteiger partial charge in [-0.05, 0) is 74.2 Å². The number of anilines is 2. The molecule has 0 aromatic heterocycles. The summed E-state index contributed by atoms with van der Waals surface area (Å²) >= 11 is 6.13. The highest BCUT2D eigenvalue weighted by molar-refractivity contribution is 6.46. The molecule has 0 atom stereocenters. The van der Waals surface area contributed by atoms with Crippen LogP contribution in [0.15, 0.2) is 66.4 Å². The molecule has 0 spiro atoms. The molecule has 4 rings (SSSR count). The van der Waals surface area contributed by atoms with Gasteiger partial charge in [0.25, 0.3) is 11.8 Å². The lowest BCUT2D eigenvalue weighted by atomic mass is 9.99. The minimum absolute atomic E-state index is 0.264. The second-order valence-corrected chi connectivity index (χ2v) is 8.35. The van der Waals surface area contributed by atoms with Gasteiger partial charge in [-0.25, -0.2) is 4.90 Å². The summed E-state index contributed by atoms with van der Waals surface area (Å²) in [5.74, 6) is -0.775. The van der Waals surface area contributed by atoms with Crippen LogP contribution in [0.25, 0.3) is 5.57 Å². The molecule has 3 aromatic carbocycles. The van der Waals surface area contributed by atoms with E-state index >= 15 is 0 Å². The molecule has 3 aromatic rings. The molecule has 2 amide bonds. The molecular weight excluding hydrogens is 408 g/mol. The van der Waals surface area contributed by atoms with Gasteiger partial charge in [0.2, 0.25) is 0 Å². The average molecular weight is 431 g/mol. The summed E-state index contributed by atoms with van der Waals surface area (Å²) in [6, 6.07) is 18.5. The van der Waals surface area contributed by atoms with E-state index in [1.54, 1.807) is 24.3 Å². The van der Waals surface area contributed by atoms with Crippen molar-refractivity contribution in [3.63, 3.8) is 0 Å². The molecule has 0 saturated heterocycles. The minimum Gasteiger partial charge on any atom is -0.350 e. The van der Waals surface area contributed by atoms with E-state index in [0.29, 0.717) is 21.8 Å². The van der Waals surface area contributed by atoms with Crippen LogP contribution in [-0.4, -0.2) is 11.8 Å². The first kappa shape index (κ1) is 20.9. The second-order valence-electron chi connectivity index (χ2n) is 7.92. The lowest BCUT2D eigenvalue weighted by Gasteiger charge is -2.16. The summed E-state index contributed by atoms with van der Waals surface area (Å²) in [6.45, 7) is 8.00. The Morgan fingerprint density at radius 2 is 1.55 bits per heavy atom. The fourth-order valence-electron chi connectivity index (χ4n) is 3.75. The maximum Gasteiger partial charge on any atom is 0.282 e. The van der Waals surface area contributed by atoms with Crippen molar-refractivity contribution in [2.24, 2.45) is 0 Å². The third kappa shape index (κ3) is 3.87. The number of halogens is 1. The Kier molecular flexibility index (Phi) is 5.42.